The average Bonchev–Trinajstić information content (AvgIpc) is 2.91. The van der Waals surface area contributed by atoms with Gasteiger partial charge in [-0.15, -0.1) is 0 Å². The number of nitrogens with one attached hydrogen (secondary N) is 2. The van der Waals surface area contributed by atoms with Gasteiger partial charge in [0.2, 0.25) is 11.8 Å². The van der Waals surface area contributed by atoms with E-state index in [4.69, 9.17) is 5.73 Å². The number of amides is 3. The van der Waals surface area contributed by atoms with Crippen LogP contribution < -0.4 is 16.4 Å². The van der Waals surface area contributed by atoms with Gasteiger partial charge in [0.1, 0.15) is 6.04 Å². The highest BCUT2D eigenvalue weighted by atomic mass is 16.2. The zero-order chi connectivity index (χ0) is 17.8. The van der Waals surface area contributed by atoms with E-state index in [2.05, 4.69) is 10.6 Å². The first kappa shape index (κ1) is 17.3. The Morgan fingerprint density at radius 2 is 2.12 bits per heavy atom. The Morgan fingerprint density at radius 1 is 1.28 bits per heavy atom. The lowest BCUT2D eigenvalue weighted by Gasteiger charge is -2.29. The smallest absolute Gasteiger partial charge is 0.255 e. The molecular formula is C18H22N4O3. The molecule has 0 bridgehead atoms. The van der Waals surface area contributed by atoms with Crippen LogP contribution in [0.4, 0.5) is 0 Å². The number of hydrogen-bond donors (Lipinski definition) is 3. The SMILES string of the molecule is NC/C=C/CNCc1ccc2c(c1)C(=O)N(C1CCC(=O)NC1=O)C2. The minimum Gasteiger partial charge on any atom is -0.327 e. The van der Waals surface area contributed by atoms with Gasteiger partial charge in [0.25, 0.3) is 5.91 Å². The maximum absolute atomic E-state index is 12.7. The van der Waals surface area contributed by atoms with Crippen LogP contribution in [0.5, 0.6) is 0 Å². The standard InChI is InChI=1S/C18H22N4O3/c19-7-1-2-8-20-10-12-3-4-13-11-22(18(25)14(13)9-12)15-5-6-16(23)21-17(15)24/h1-4,9,15,20H,5-8,10-11,19H2,(H,21,23,24)/b2-1+. The van der Waals surface area contributed by atoms with Crippen LogP contribution in [-0.4, -0.2) is 41.8 Å². The molecule has 7 heteroatoms. The normalized spacial score (nSPS) is 20.3. The molecule has 1 aromatic carbocycles. The van der Waals surface area contributed by atoms with Crippen LogP contribution in [0.1, 0.15) is 34.3 Å². The van der Waals surface area contributed by atoms with Crippen LogP contribution in [0.15, 0.2) is 30.4 Å². The summed E-state index contributed by atoms with van der Waals surface area (Å²) >= 11 is 0. The maximum atomic E-state index is 12.7. The molecule has 2 heterocycles. The summed E-state index contributed by atoms with van der Waals surface area (Å²) in [6.45, 7) is 2.29. The van der Waals surface area contributed by atoms with Gasteiger partial charge in [0.05, 0.1) is 0 Å². The fourth-order valence-electron chi connectivity index (χ4n) is 3.19. The number of rotatable bonds is 6. The molecule has 0 radical (unpaired) electrons. The summed E-state index contributed by atoms with van der Waals surface area (Å²) in [5.41, 5.74) is 7.96. The molecule has 0 aromatic heterocycles. The summed E-state index contributed by atoms with van der Waals surface area (Å²) in [7, 11) is 0. The van der Waals surface area contributed by atoms with Gasteiger partial charge in [0, 0.05) is 38.2 Å². The van der Waals surface area contributed by atoms with E-state index in [1.165, 1.54) is 0 Å². The summed E-state index contributed by atoms with van der Waals surface area (Å²) in [6, 6.07) is 5.23. The second kappa shape index (κ2) is 7.58. The van der Waals surface area contributed by atoms with Crippen molar-refractivity contribution in [3.8, 4) is 0 Å². The molecule has 1 atom stereocenters. The lowest BCUT2D eigenvalue weighted by Crippen LogP contribution is -2.52. The fourth-order valence-corrected chi connectivity index (χ4v) is 3.19. The van der Waals surface area contributed by atoms with Gasteiger partial charge in [0.15, 0.2) is 0 Å². The molecule has 2 aliphatic heterocycles. The van der Waals surface area contributed by atoms with Crippen molar-refractivity contribution in [2.24, 2.45) is 5.73 Å². The number of carbonyl (C=O) groups is 3. The van der Waals surface area contributed by atoms with E-state index in [0.717, 1.165) is 11.1 Å². The highest BCUT2D eigenvalue weighted by Gasteiger charge is 2.38. The van der Waals surface area contributed by atoms with Gasteiger partial charge in [-0.3, -0.25) is 19.7 Å². The topological polar surface area (TPSA) is 105 Å². The molecule has 1 aromatic rings. The van der Waals surface area contributed by atoms with Gasteiger partial charge in [-0.05, 0) is 23.6 Å². The van der Waals surface area contributed by atoms with Crippen molar-refractivity contribution in [2.45, 2.75) is 32.0 Å². The molecule has 0 spiro atoms. The number of nitrogens with two attached hydrogens (primary N) is 1. The number of carbonyl (C=O) groups excluding carboxylic acids is 3. The summed E-state index contributed by atoms with van der Waals surface area (Å²) < 4.78 is 0. The van der Waals surface area contributed by atoms with Crippen molar-refractivity contribution in [3.05, 3.63) is 47.0 Å². The molecule has 132 valence electrons. The van der Waals surface area contributed by atoms with Gasteiger partial charge in [-0.25, -0.2) is 0 Å². The zero-order valence-electron chi connectivity index (χ0n) is 14.0. The Balaban J connectivity index is 1.66. The zero-order valence-corrected chi connectivity index (χ0v) is 14.0. The van der Waals surface area contributed by atoms with Gasteiger partial charge in [-0.2, -0.15) is 0 Å². The van der Waals surface area contributed by atoms with Crippen molar-refractivity contribution < 1.29 is 14.4 Å². The lowest BCUT2D eigenvalue weighted by atomic mass is 10.0. The van der Waals surface area contributed by atoms with E-state index in [1.807, 2.05) is 30.4 Å². The Bertz CT molecular complexity index is 729. The molecule has 3 rings (SSSR count). The number of benzene rings is 1. The number of nitrogens with zero attached hydrogens (tertiary/aromatic N) is 1. The second-order valence-corrected chi connectivity index (χ2v) is 6.23. The highest BCUT2D eigenvalue weighted by molar-refractivity contribution is 6.05. The van der Waals surface area contributed by atoms with Crippen molar-refractivity contribution >= 4 is 17.7 Å². The molecular weight excluding hydrogens is 320 g/mol. The first-order chi connectivity index (χ1) is 12.1. The molecule has 2 aliphatic rings. The van der Waals surface area contributed by atoms with E-state index in [9.17, 15) is 14.4 Å². The van der Waals surface area contributed by atoms with E-state index in [1.54, 1.807) is 4.90 Å². The van der Waals surface area contributed by atoms with Crippen molar-refractivity contribution in [2.75, 3.05) is 13.1 Å². The maximum Gasteiger partial charge on any atom is 0.255 e. The van der Waals surface area contributed by atoms with Crippen LogP contribution in [0.25, 0.3) is 0 Å². The molecule has 0 aliphatic carbocycles. The molecule has 0 saturated carbocycles. The molecule has 4 N–H and O–H groups in total. The summed E-state index contributed by atoms with van der Waals surface area (Å²) in [5.74, 6) is -0.803. The summed E-state index contributed by atoms with van der Waals surface area (Å²) in [4.78, 5) is 37.6. The van der Waals surface area contributed by atoms with Gasteiger partial charge in [-0.1, -0.05) is 24.3 Å². The van der Waals surface area contributed by atoms with Crippen molar-refractivity contribution in [3.63, 3.8) is 0 Å². The van der Waals surface area contributed by atoms with E-state index < -0.39 is 6.04 Å². The third kappa shape index (κ3) is 3.78. The number of piperidine rings is 1. The van der Waals surface area contributed by atoms with Crippen LogP contribution in [0.2, 0.25) is 0 Å². The van der Waals surface area contributed by atoms with Gasteiger partial charge >= 0.3 is 0 Å². The minimum atomic E-state index is -0.569. The third-order valence-corrected chi connectivity index (χ3v) is 4.49. The first-order valence-corrected chi connectivity index (χ1v) is 8.42. The minimum absolute atomic E-state index is 0.144. The Morgan fingerprint density at radius 3 is 2.88 bits per heavy atom. The Hall–Kier alpha value is -2.51. The molecule has 1 fully saturated rings. The van der Waals surface area contributed by atoms with E-state index in [0.29, 0.717) is 38.2 Å². The average molecular weight is 342 g/mol. The quantitative estimate of drug-likeness (QED) is 0.385. The Labute approximate surface area is 146 Å². The monoisotopic (exact) mass is 342 g/mol. The van der Waals surface area contributed by atoms with E-state index in [-0.39, 0.29) is 24.1 Å². The highest BCUT2D eigenvalue weighted by Crippen LogP contribution is 2.28. The van der Waals surface area contributed by atoms with Crippen LogP contribution in [0.3, 0.4) is 0 Å². The third-order valence-electron chi connectivity index (χ3n) is 4.49. The molecule has 1 saturated heterocycles. The lowest BCUT2D eigenvalue weighted by molar-refractivity contribution is -0.136. The Kier molecular flexibility index (Phi) is 5.25. The number of fused-ring (bicyclic) bond motifs is 1. The van der Waals surface area contributed by atoms with E-state index >= 15 is 0 Å². The molecule has 7 nitrogen and oxygen atoms in total. The van der Waals surface area contributed by atoms with Gasteiger partial charge < -0.3 is 16.0 Å². The van der Waals surface area contributed by atoms with Crippen LogP contribution in [-0.2, 0) is 22.7 Å². The summed E-state index contributed by atoms with van der Waals surface area (Å²) in [6.07, 6.45) is 4.49. The van der Waals surface area contributed by atoms with Crippen molar-refractivity contribution in [1.29, 1.82) is 0 Å². The predicted octanol–water partition coefficient (Wildman–Crippen LogP) is 0.0521. The molecule has 3 amide bonds. The van der Waals surface area contributed by atoms with Crippen LogP contribution >= 0.6 is 0 Å². The van der Waals surface area contributed by atoms with Crippen LogP contribution in [0, 0.1) is 0 Å². The number of hydrogen-bond acceptors (Lipinski definition) is 5. The molecule has 25 heavy (non-hydrogen) atoms. The first-order valence-electron chi connectivity index (χ1n) is 8.42. The second-order valence-electron chi connectivity index (χ2n) is 6.23. The fraction of sp³-hybridized carbons (Fsp3) is 0.389. The largest absolute Gasteiger partial charge is 0.327 e. The number of imide groups is 1. The predicted molar refractivity (Wildman–Crippen MR) is 92.4 cm³/mol. The molecule has 1 unspecified atom stereocenters. The van der Waals surface area contributed by atoms with Crippen molar-refractivity contribution in [1.82, 2.24) is 15.5 Å². The summed E-state index contributed by atoms with van der Waals surface area (Å²) in [5, 5.41) is 5.57.